The Labute approximate surface area is 149 Å². The number of H-pyrrole nitrogens is 1. The van der Waals surface area contributed by atoms with Gasteiger partial charge in [-0.15, -0.1) is 11.3 Å². The third-order valence-electron chi connectivity index (χ3n) is 4.74. The summed E-state index contributed by atoms with van der Waals surface area (Å²) in [6.07, 6.45) is 1.90. The van der Waals surface area contributed by atoms with Crippen molar-refractivity contribution in [1.82, 2.24) is 20.3 Å². The topological polar surface area (TPSA) is 75.0 Å². The van der Waals surface area contributed by atoms with E-state index in [9.17, 15) is 4.79 Å². The van der Waals surface area contributed by atoms with E-state index in [1.54, 1.807) is 11.3 Å². The summed E-state index contributed by atoms with van der Waals surface area (Å²) in [6, 6.07) is 5.97. The van der Waals surface area contributed by atoms with Crippen LogP contribution in [0.4, 0.5) is 0 Å². The van der Waals surface area contributed by atoms with Crippen LogP contribution in [0.25, 0.3) is 10.6 Å². The molecule has 3 aromatic rings. The van der Waals surface area contributed by atoms with Crippen molar-refractivity contribution in [2.75, 3.05) is 6.54 Å². The number of amides is 1. The number of carbonyl (C=O) groups excluding carboxylic acids is 1. The number of aryl methyl sites for hydroxylation is 3. The van der Waals surface area contributed by atoms with E-state index in [2.05, 4.69) is 28.3 Å². The summed E-state index contributed by atoms with van der Waals surface area (Å²) in [4.78, 5) is 17.2. The Hall–Kier alpha value is -2.41. The van der Waals surface area contributed by atoms with Crippen LogP contribution >= 0.6 is 11.3 Å². The zero-order valence-corrected chi connectivity index (χ0v) is 15.3. The number of aromatic nitrogens is 3. The van der Waals surface area contributed by atoms with Crippen LogP contribution in [0.3, 0.4) is 0 Å². The van der Waals surface area contributed by atoms with Crippen molar-refractivity contribution in [1.29, 1.82) is 0 Å². The number of likely N-dealkylation sites (tertiary alicyclic amines) is 1. The highest BCUT2D eigenvalue weighted by Crippen LogP contribution is 2.36. The molecular formula is C18H20N4O2S. The highest BCUT2D eigenvalue weighted by molar-refractivity contribution is 7.15. The molecule has 1 N–H and O–H groups in total. The van der Waals surface area contributed by atoms with E-state index in [1.165, 1.54) is 4.88 Å². The van der Waals surface area contributed by atoms with Gasteiger partial charge in [0.1, 0.15) is 5.76 Å². The van der Waals surface area contributed by atoms with Crippen LogP contribution in [0.5, 0.6) is 0 Å². The van der Waals surface area contributed by atoms with Crippen LogP contribution in [0.1, 0.15) is 51.3 Å². The Kier molecular flexibility index (Phi) is 3.95. The predicted octanol–water partition coefficient (Wildman–Crippen LogP) is 4.03. The zero-order chi connectivity index (χ0) is 17.6. The first-order valence-electron chi connectivity index (χ1n) is 8.40. The van der Waals surface area contributed by atoms with Crippen molar-refractivity contribution in [3.05, 3.63) is 45.8 Å². The zero-order valence-electron chi connectivity index (χ0n) is 14.5. The maximum atomic E-state index is 13.0. The van der Waals surface area contributed by atoms with E-state index in [1.807, 2.05) is 30.9 Å². The average Bonchev–Trinajstić information content (AvgIpc) is 3.34. The Bertz CT molecular complexity index is 904. The third kappa shape index (κ3) is 2.78. The monoisotopic (exact) mass is 356 g/mol. The second kappa shape index (κ2) is 6.15. The maximum absolute atomic E-state index is 13.0. The van der Waals surface area contributed by atoms with Crippen LogP contribution in [-0.4, -0.2) is 32.7 Å². The SMILES string of the molecule is Cc1ccc(-c2cc(C(=O)N3CCC[C@H]3c3c(C)noc3C)n[nH]2)s1. The molecule has 4 rings (SSSR count). The fourth-order valence-corrected chi connectivity index (χ4v) is 4.39. The third-order valence-corrected chi connectivity index (χ3v) is 5.77. The molecule has 130 valence electrons. The Morgan fingerprint density at radius 1 is 1.36 bits per heavy atom. The molecule has 0 radical (unpaired) electrons. The van der Waals surface area contributed by atoms with E-state index in [4.69, 9.17) is 4.52 Å². The van der Waals surface area contributed by atoms with Crippen molar-refractivity contribution < 1.29 is 9.32 Å². The molecule has 0 bridgehead atoms. The quantitative estimate of drug-likeness (QED) is 0.769. The number of hydrogen-bond acceptors (Lipinski definition) is 5. The lowest BCUT2D eigenvalue weighted by atomic mass is 10.0. The van der Waals surface area contributed by atoms with E-state index in [-0.39, 0.29) is 11.9 Å². The van der Waals surface area contributed by atoms with Crippen LogP contribution in [0, 0.1) is 20.8 Å². The minimum absolute atomic E-state index is 0.0166. The summed E-state index contributed by atoms with van der Waals surface area (Å²) < 4.78 is 5.30. The van der Waals surface area contributed by atoms with Crippen LogP contribution < -0.4 is 0 Å². The highest BCUT2D eigenvalue weighted by atomic mass is 32.1. The molecule has 0 unspecified atom stereocenters. The number of aromatic amines is 1. The van der Waals surface area contributed by atoms with Gasteiger partial charge in [-0.2, -0.15) is 5.10 Å². The average molecular weight is 356 g/mol. The fraction of sp³-hybridized carbons (Fsp3) is 0.389. The second-order valence-electron chi connectivity index (χ2n) is 6.47. The van der Waals surface area contributed by atoms with Crippen molar-refractivity contribution in [2.24, 2.45) is 0 Å². The molecule has 4 heterocycles. The van der Waals surface area contributed by atoms with Gasteiger partial charge in [0.05, 0.1) is 22.3 Å². The lowest BCUT2D eigenvalue weighted by Crippen LogP contribution is -2.31. The van der Waals surface area contributed by atoms with Gasteiger partial charge in [0.25, 0.3) is 5.91 Å². The molecular weight excluding hydrogens is 336 g/mol. The molecule has 7 heteroatoms. The Balaban J connectivity index is 1.61. The van der Waals surface area contributed by atoms with Crippen molar-refractivity contribution in [3.63, 3.8) is 0 Å². The van der Waals surface area contributed by atoms with Gasteiger partial charge in [0, 0.05) is 17.0 Å². The molecule has 0 aromatic carbocycles. The van der Waals surface area contributed by atoms with Crippen molar-refractivity contribution in [2.45, 2.75) is 39.7 Å². The summed E-state index contributed by atoms with van der Waals surface area (Å²) in [7, 11) is 0. The van der Waals surface area contributed by atoms with Crippen molar-refractivity contribution in [3.8, 4) is 10.6 Å². The number of rotatable bonds is 3. The molecule has 3 aromatic heterocycles. The summed E-state index contributed by atoms with van der Waals surface area (Å²) in [5, 5.41) is 11.3. The summed E-state index contributed by atoms with van der Waals surface area (Å²) in [5.41, 5.74) is 3.24. The van der Waals surface area contributed by atoms with E-state index < -0.39 is 0 Å². The summed E-state index contributed by atoms with van der Waals surface area (Å²) >= 11 is 1.68. The first-order valence-corrected chi connectivity index (χ1v) is 9.22. The number of nitrogens with one attached hydrogen (secondary N) is 1. The van der Waals surface area contributed by atoms with Gasteiger partial charge < -0.3 is 9.42 Å². The minimum Gasteiger partial charge on any atom is -0.361 e. The molecule has 0 spiro atoms. The molecule has 1 atom stereocenters. The molecule has 1 aliphatic rings. The Morgan fingerprint density at radius 2 is 2.20 bits per heavy atom. The number of carbonyl (C=O) groups is 1. The molecule has 1 fully saturated rings. The molecule has 1 aliphatic heterocycles. The lowest BCUT2D eigenvalue weighted by molar-refractivity contribution is 0.0728. The molecule has 6 nitrogen and oxygen atoms in total. The molecule has 0 aliphatic carbocycles. The van der Waals surface area contributed by atoms with Gasteiger partial charge in [-0.25, -0.2) is 0 Å². The summed E-state index contributed by atoms with van der Waals surface area (Å²) in [6.45, 7) is 6.63. The van der Waals surface area contributed by atoms with E-state index in [0.717, 1.165) is 47.0 Å². The van der Waals surface area contributed by atoms with Crippen LogP contribution in [-0.2, 0) is 0 Å². The Morgan fingerprint density at radius 3 is 2.88 bits per heavy atom. The van der Waals surface area contributed by atoms with E-state index in [0.29, 0.717) is 5.69 Å². The minimum atomic E-state index is -0.0433. The van der Waals surface area contributed by atoms with Crippen LogP contribution in [0.2, 0.25) is 0 Å². The van der Waals surface area contributed by atoms with Gasteiger partial charge >= 0.3 is 0 Å². The number of thiophene rings is 1. The first kappa shape index (κ1) is 16.1. The van der Waals surface area contributed by atoms with Crippen LogP contribution in [0.15, 0.2) is 22.7 Å². The standard InChI is InChI=1S/C18H20N4O2S/c1-10-6-7-16(25-10)13-9-14(20-19-13)18(23)22-8-4-5-15(22)17-11(2)21-24-12(17)3/h6-7,9,15H,4-5,8H2,1-3H3,(H,19,20)/t15-/m0/s1. The number of nitrogens with zero attached hydrogens (tertiary/aromatic N) is 3. The van der Waals surface area contributed by atoms with Gasteiger partial charge in [0.15, 0.2) is 5.69 Å². The normalized spacial score (nSPS) is 17.4. The molecule has 1 amide bonds. The fourth-order valence-electron chi connectivity index (χ4n) is 3.56. The molecule has 25 heavy (non-hydrogen) atoms. The van der Waals surface area contributed by atoms with Gasteiger partial charge in [0.2, 0.25) is 0 Å². The largest absolute Gasteiger partial charge is 0.361 e. The lowest BCUT2D eigenvalue weighted by Gasteiger charge is -2.23. The van der Waals surface area contributed by atoms with E-state index >= 15 is 0 Å². The second-order valence-corrected chi connectivity index (χ2v) is 7.76. The number of hydrogen-bond donors (Lipinski definition) is 1. The first-order chi connectivity index (χ1) is 12.0. The maximum Gasteiger partial charge on any atom is 0.274 e. The van der Waals surface area contributed by atoms with Gasteiger partial charge in [-0.3, -0.25) is 9.89 Å². The smallest absolute Gasteiger partial charge is 0.274 e. The highest BCUT2D eigenvalue weighted by Gasteiger charge is 2.35. The van der Waals surface area contributed by atoms with Gasteiger partial charge in [-0.1, -0.05) is 5.16 Å². The molecule has 0 saturated carbocycles. The summed E-state index contributed by atoms with van der Waals surface area (Å²) in [5.74, 6) is 0.747. The predicted molar refractivity (Wildman–Crippen MR) is 95.6 cm³/mol. The van der Waals surface area contributed by atoms with Gasteiger partial charge in [-0.05, 0) is 51.8 Å². The van der Waals surface area contributed by atoms with Crippen molar-refractivity contribution >= 4 is 17.2 Å². The molecule has 1 saturated heterocycles.